The number of imidazole rings is 1. The maximum atomic E-state index is 12.7. The lowest BCUT2D eigenvalue weighted by Crippen LogP contribution is -2.30. The Morgan fingerprint density at radius 2 is 1.85 bits per heavy atom. The fourth-order valence-electron chi connectivity index (χ4n) is 3.00. The van der Waals surface area contributed by atoms with E-state index in [-0.39, 0.29) is 31.3 Å². The van der Waals surface area contributed by atoms with Gasteiger partial charge in [0.25, 0.3) is 0 Å². The predicted octanol–water partition coefficient (Wildman–Crippen LogP) is 2.14. The summed E-state index contributed by atoms with van der Waals surface area (Å²) in [4.78, 5) is 51.6. The number of esters is 1. The second-order valence-electron chi connectivity index (χ2n) is 7.01. The third kappa shape index (κ3) is 5.71. The maximum absolute atomic E-state index is 12.7. The van der Waals surface area contributed by atoms with Gasteiger partial charge in [-0.3, -0.25) is 24.3 Å². The molecule has 1 aromatic heterocycles. The van der Waals surface area contributed by atoms with Crippen molar-refractivity contribution in [3.63, 3.8) is 0 Å². The molecule has 11 heteroatoms. The molecule has 0 bridgehead atoms. The van der Waals surface area contributed by atoms with Crippen LogP contribution in [-0.4, -0.2) is 51.6 Å². The Bertz CT molecular complexity index is 1190. The highest BCUT2D eigenvalue weighted by Crippen LogP contribution is 2.23. The van der Waals surface area contributed by atoms with Gasteiger partial charge >= 0.3 is 18.0 Å². The minimum absolute atomic E-state index is 0.0381. The van der Waals surface area contributed by atoms with Crippen molar-refractivity contribution in [2.75, 3.05) is 12.4 Å². The largest absolute Gasteiger partial charge is 0.480 e. The van der Waals surface area contributed by atoms with Crippen LogP contribution in [0.1, 0.15) is 28.8 Å². The molecule has 0 aliphatic heterocycles. The number of ether oxygens (including phenoxy) is 2. The lowest BCUT2D eigenvalue weighted by atomic mass is 10.0. The van der Waals surface area contributed by atoms with Gasteiger partial charge in [-0.2, -0.15) is 0 Å². The summed E-state index contributed by atoms with van der Waals surface area (Å²) in [5, 5.41) is 11.2. The molecule has 11 nitrogen and oxygen atoms in total. The number of ketones is 1. The Balaban J connectivity index is 1.84. The van der Waals surface area contributed by atoms with Crippen LogP contribution < -0.4 is 11.1 Å². The number of nitrogens with zero attached hydrogens (tertiary/aromatic N) is 2. The molecule has 1 heterocycles. The number of rotatable bonds is 9. The van der Waals surface area contributed by atoms with Gasteiger partial charge in [0, 0.05) is 17.5 Å². The summed E-state index contributed by atoms with van der Waals surface area (Å²) in [5.41, 5.74) is 7.17. The molecule has 2 aromatic carbocycles. The van der Waals surface area contributed by atoms with Gasteiger partial charge in [-0.1, -0.05) is 30.3 Å². The topological polar surface area (TPSA) is 163 Å². The minimum atomic E-state index is -1.21. The molecule has 172 valence electrons. The van der Waals surface area contributed by atoms with Crippen molar-refractivity contribution in [3.05, 3.63) is 59.7 Å². The van der Waals surface area contributed by atoms with E-state index in [1.807, 2.05) is 6.07 Å². The van der Waals surface area contributed by atoms with Crippen molar-refractivity contribution in [3.8, 4) is 0 Å². The molecular formula is C22H22N4O7. The summed E-state index contributed by atoms with van der Waals surface area (Å²) in [5.74, 6) is -2.05. The molecule has 3 aromatic rings. The first-order valence-corrected chi connectivity index (χ1v) is 9.89. The van der Waals surface area contributed by atoms with Crippen LogP contribution in [0.3, 0.4) is 0 Å². The fraction of sp³-hybridized carbons (Fsp3) is 0.227. The summed E-state index contributed by atoms with van der Waals surface area (Å²) in [6.45, 7) is -0.317. The molecule has 1 atom stereocenters. The Morgan fingerprint density at radius 3 is 2.52 bits per heavy atom. The standard InChI is InChI=1S/C22H22N4O7/c1-32-22(31)25-21-24-16-11-14(19(28)13-5-3-2-4-6-13)7-9-17(16)26(21)12-33-18(27)10-8-15(23)20(29)30/h2-7,9,11,15H,8,10,12,23H2,1H3,(H,29,30)(H,24,25,31). The normalized spacial score (nSPS) is 11.6. The molecule has 1 unspecified atom stereocenters. The van der Waals surface area contributed by atoms with E-state index in [0.29, 0.717) is 22.2 Å². The number of anilines is 1. The molecule has 3 rings (SSSR count). The number of fused-ring (bicyclic) bond motifs is 1. The average molecular weight is 454 g/mol. The lowest BCUT2D eigenvalue weighted by Gasteiger charge is -2.11. The maximum Gasteiger partial charge on any atom is 0.413 e. The van der Waals surface area contributed by atoms with E-state index in [4.69, 9.17) is 15.6 Å². The third-order valence-electron chi connectivity index (χ3n) is 4.78. The van der Waals surface area contributed by atoms with Crippen LogP contribution in [-0.2, 0) is 25.8 Å². The highest BCUT2D eigenvalue weighted by molar-refractivity contribution is 6.10. The molecule has 0 aliphatic rings. The van der Waals surface area contributed by atoms with Gasteiger partial charge in [-0.25, -0.2) is 9.78 Å². The van der Waals surface area contributed by atoms with Gasteiger partial charge in [-0.05, 0) is 24.6 Å². The summed E-state index contributed by atoms with van der Waals surface area (Å²) >= 11 is 0. The SMILES string of the molecule is COC(=O)Nc1nc2cc(C(=O)c3ccccc3)ccc2n1COC(=O)CCC(N)C(=O)O. The molecular weight excluding hydrogens is 432 g/mol. The number of nitrogens with two attached hydrogens (primary N) is 1. The number of hydrogen-bond donors (Lipinski definition) is 3. The highest BCUT2D eigenvalue weighted by atomic mass is 16.5. The quantitative estimate of drug-likeness (QED) is 0.325. The van der Waals surface area contributed by atoms with Crippen LogP contribution in [0.15, 0.2) is 48.5 Å². The van der Waals surface area contributed by atoms with E-state index >= 15 is 0 Å². The van der Waals surface area contributed by atoms with E-state index in [2.05, 4.69) is 15.0 Å². The zero-order valence-electron chi connectivity index (χ0n) is 17.7. The second kappa shape index (κ2) is 10.4. The van der Waals surface area contributed by atoms with Crippen LogP contribution in [0.25, 0.3) is 11.0 Å². The first-order chi connectivity index (χ1) is 15.8. The zero-order chi connectivity index (χ0) is 24.0. The highest BCUT2D eigenvalue weighted by Gasteiger charge is 2.19. The van der Waals surface area contributed by atoms with Crippen molar-refractivity contribution in [1.29, 1.82) is 0 Å². The van der Waals surface area contributed by atoms with E-state index in [9.17, 15) is 19.2 Å². The van der Waals surface area contributed by atoms with Crippen molar-refractivity contribution in [2.24, 2.45) is 5.73 Å². The van der Waals surface area contributed by atoms with E-state index < -0.39 is 24.1 Å². The first kappa shape index (κ1) is 23.4. The van der Waals surface area contributed by atoms with Crippen LogP contribution in [0.2, 0.25) is 0 Å². The van der Waals surface area contributed by atoms with Gasteiger partial charge < -0.3 is 20.3 Å². The number of carboxylic acids is 1. The number of aliphatic carboxylic acids is 1. The summed E-state index contributed by atoms with van der Waals surface area (Å²) in [6, 6.07) is 12.3. The second-order valence-corrected chi connectivity index (χ2v) is 7.01. The van der Waals surface area contributed by atoms with Crippen LogP contribution in [0, 0.1) is 0 Å². The number of methoxy groups -OCH3 is 1. The molecule has 0 saturated carbocycles. The number of hydrogen-bond acceptors (Lipinski definition) is 8. The fourth-order valence-corrected chi connectivity index (χ4v) is 3.00. The Morgan fingerprint density at radius 1 is 1.12 bits per heavy atom. The van der Waals surface area contributed by atoms with Gasteiger partial charge in [0.15, 0.2) is 12.5 Å². The minimum Gasteiger partial charge on any atom is -0.480 e. The molecule has 0 saturated heterocycles. The van der Waals surface area contributed by atoms with Crippen molar-refractivity contribution < 1.29 is 33.8 Å². The monoisotopic (exact) mass is 454 g/mol. The van der Waals surface area contributed by atoms with Crippen LogP contribution >= 0.6 is 0 Å². The number of carbonyl (C=O) groups is 4. The molecule has 0 fully saturated rings. The Kier molecular flexibility index (Phi) is 7.36. The Labute approximate surface area is 188 Å². The summed E-state index contributed by atoms with van der Waals surface area (Å²) in [7, 11) is 1.19. The van der Waals surface area contributed by atoms with E-state index in [1.54, 1.807) is 42.5 Å². The lowest BCUT2D eigenvalue weighted by molar-refractivity contribution is -0.147. The number of amides is 1. The zero-order valence-corrected chi connectivity index (χ0v) is 17.7. The molecule has 4 N–H and O–H groups in total. The number of benzene rings is 2. The summed E-state index contributed by atoms with van der Waals surface area (Å²) in [6.07, 6.45) is -1.07. The number of carboxylic acid groups (broad SMARTS) is 1. The van der Waals surface area contributed by atoms with E-state index in [0.717, 1.165) is 0 Å². The number of nitrogens with one attached hydrogen (secondary N) is 1. The van der Waals surface area contributed by atoms with Crippen molar-refractivity contribution in [2.45, 2.75) is 25.6 Å². The number of carbonyl (C=O) groups excluding carboxylic acids is 3. The smallest absolute Gasteiger partial charge is 0.413 e. The summed E-state index contributed by atoms with van der Waals surface area (Å²) < 4.78 is 11.2. The Hall–Kier alpha value is -4.25. The number of aromatic nitrogens is 2. The van der Waals surface area contributed by atoms with Gasteiger partial charge in [-0.15, -0.1) is 0 Å². The van der Waals surface area contributed by atoms with E-state index in [1.165, 1.54) is 11.7 Å². The predicted molar refractivity (Wildman–Crippen MR) is 117 cm³/mol. The third-order valence-corrected chi connectivity index (χ3v) is 4.78. The molecule has 0 spiro atoms. The first-order valence-electron chi connectivity index (χ1n) is 9.89. The van der Waals surface area contributed by atoms with Crippen molar-refractivity contribution >= 4 is 40.8 Å². The van der Waals surface area contributed by atoms with Crippen molar-refractivity contribution in [1.82, 2.24) is 9.55 Å². The van der Waals surface area contributed by atoms with Crippen LogP contribution in [0.5, 0.6) is 0 Å². The molecule has 33 heavy (non-hydrogen) atoms. The van der Waals surface area contributed by atoms with Gasteiger partial charge in [0.1, 0.15) is 6.04 Å². The molecule has 0 radical (unpaired) electrons. The van der Waals surface area contributed by atoms with Gasteiger partial charge in [0.05, 0.1) is 18.1 Å². The average Bonchev–Trinajstić information content (AvgIpc) is 3.16. The van der Waals surface area contributed by atoms with Crippen LogP contribution in [0.4, 0.5) is 10.7 Å². The molecule has 1 amide bonds. The molecule has 0 aliphatic carbocycles. The van der Waals surface area contributed by atoms with Gasteiger partial charge in [0.2, 0.25) is 5.95 Å².